The summed E-state index contributed by atoms with van der Waals surface area (Å²) in [6, 6.07) is 14.5. The van der Waals surface area contributed by atoms with E-state index in [-0.39, 0.29) is 6.61 Å². The van der Waals surface area contributed by atoms with E-state index in [4.69, 9.17) is 4.74 Å². The van der Waals surface area contributed by atoms with Gasteiger partial charge in [0, 0.05) is 5.56 Å². The van der Waals surface area contributed by atoms with Gasteiger partial charge in [0.05, 0.1) is 19.9 Å². The van der Waals surface area contributed by atoms with Crippen molar-refractivity contribution < 1.29 is 23.8 Å². The maximum Gasteiger partial charge on any atom is 0.423 e. The molecule has 0 saturated heterocycles. The number of nitrogens with zero attached hydrogens (tertiary/aromatic N) is 1. The fraction of sp³-hybridized carbons (Fsp3) is 0.222. The average Bonchev–Trinajstić information content (AvgIpc) is 2.61. The molecule has 2 aromatic rings. The molecule has 0 unspecified atom stereocenters. The van der Waals surface area contributed by atoms with E-state index >= 15 is 0 Å². The lowest BCUT2D eigenvalue weighted by Gasteiger charge is -2.21. The van der Waals surface area contributed by atoms with Crippen molar-refractivity contribution in [3.05, 3.63) is 59.7 Å². The fourth-order valence-electron chi connectivity index (χ4n) is 2.18. The molecule has 2 amide bonds. The Kier molecular flexibility index (Phi) is 5.78. The maximum absolute atomic E-state index is 12.0. The third-order valence-corrected chi connectivity index (χ3v) is 3.42. The Balaban J connectivity index is 2.30. The van der Waals surface area contributed by atoms with Crippen molar-refractivity contribution >= 4 is 17.9 Å². The largest absolute Gasteiger partial charge is 0.489 e. The summed E-state index contributed by atoms with van der Waals surface area (Å²) in [6.45, 7) is 2.13. The molecule has 0 spiro atoms. The number of hydrogen-bond acceptors (Lipinski definition) is 5. The predicted molar refractivity (Wildman–Crippen MR) is 89.2 cm³/mol. The highest BCUT2D eigenvalue weighted by Crippen LogP contribution is 2.25. The first-order valence-corrected chi connectivity index (χ1v) is 7.30. The zero-order chi connectivity index (χ0) is 17.5. The van der Waals surface area contributed by atoms with Crippen molar-refractivity contribution in [2.45, 2.75) is 13.5 Å². The smallest absolute Gasteiger partial charge is 0.423 e. The number of imide groups is 1. The third kappa shape index (κ3) is 3.84. The molecule has 0 N–H and O–H groups in total. The Bertz CT molecular complexity index is 713. The summed E-state index contributed by atoms with van der Waals surface area (Å²) in [7, 11) is 2.40. The third-order valence-electron chi connectivity index (χ3n) is 3.42. The number of carbonyl (C=O) groups excluding carboxylic acids is 2. The molecule has 6 nitrogen and oxygen atoms in total. The van der Waals surface area contributed by atoms with Crippen molar-refractivity contribution in [2.24, 2.45) is 0 Å². The molecule has 0 aliphatic rings. The minimum Gasteiger partial charge on any atom is -0.489 e. The van der Waals surface area contributed by atoms with E-state index in [1.165, 1.54) is 14.2 Å². The van der Waals surface area contributed by atoms with E-state index in [9.17, 15) is 9.59 Å². The summed E-state index contributed by atoms with van der Waals surface area (Å²) in [5, 5.41) is 0. The Morgan fingerprint density at radius 2 is 1.50 bits per heavy atom. The van der Waals surface area contributed by atoms with Gasteiger partial charge in [-0.25, -0.2) is 9.59 Å². The average molecular weight is 329 g/mol. The van der Waals surface area contributed by atoms with Gasteiger partial charge in [-0.05, 0) is 24.6 Å². The first kappa shape index (κ1) is 17.3. The quantitative estimate of drug-likeness (QED) is 0.851. The summed E-state index contributed by atoms with van der Waals surface area (Å²) in [5.74, 6) is 0.731. The van der Waals surface area contributed by atoms with E-state index in [0.717, 1.165) is 16.2 Å². The number of hydrogen-bond donors (Lipinski definition) is 0. The monoisotopic (exact) mass is 329 g/mol. The Hall–Kier alpha value is -3.02. The second kappa shape index (κ2) is 8.01. The highest BCUT2D eigenvalue weighted by Gasteiger charge is 2.27. The van der Waals surface area contributed by atoms with Gasteiger partial charge in [0.15, 0.2) is 0 Å². The Morgan fingerprint density at radius 1 is 0.917 bits per heavy atom. The summed E-state index contributed by atoms with van der Waals surface area (Å²) in [5.41, 5.74) is 1.99. The van der Waals surface area contributed by atoms with Crippen LogP contribution in [-0.4, -0.2) is 26.4 Å². The first-order valence-electron chi connectivity index (χ1n) is 7.30. The molecular formula is C18H19NO5. The van der Waals surface area contributed by atoms with Crippen molar-refractivity contribution in [3.63, 3.8) is 0 Å². The standard InChI is InChI=1S/C18H19NO5/c1-13-8-4-7-11-16(13)24-12-14-9-5-6-10-15(14)19(17(20)22-2)18(21)23-3/h4-11H,12H2,1-3H3. The molecule has 0 heterocycles. The maximum atomic E-state index is 12.0. The SMILES string of the molecule is COC(=O)N(C(=O)OC)c1ccccc1COc1ccccc1C. The number of anilines is 1. The molecular weight excluding hydrogens is 310 g/mol. The van der Waals surface area contributed by atoms with Gasteiger partial charge in [-0.3, -0.25) is 0 Å². The van der Waals surface area contributed by atoms with Crippen LogP contribution in [0.25, 0.3) is 0 Å². The first-order chi connectivity index (χ1) is 11.6. The lowest BCUT2D eigenvalue weighted by molar-refractivity contribution is 0.159. The van der Waals surface area contributed by atoms with E-state index in [1.807, 2.05) is 31.2 Å². The van der Waals surface area contributed by atoms with Crippen molar-refractivity contribution in [1.82, 2.24) is 0 Å². The lowest BCUT2D eigenvalue weighted by atomic mass is 10.1. The molecule has 0 aliphatic carbocycles. The van der Waals surface area contributed by atoms with Crippen LogP contribution in [-0.2, 0) is 16.1 Å². The van der Waals surface area contributed by atoms with Crippen LogP contribution in [0.1, 0.15) is 11.1 Å². The number of ether oxygens (including phenoxy) is 3. The summed E-state index contributed by atoms with van der Waals surface area (Å²) in [4.78, 5) is 24.7. The second-order valence-corrected chi connectivity index (χ2v) is 4.96. The summed E-state index contributed by atoms with van der Waals surface area (Å²) >= 11 is 0. The second-order valence-electron chi connectivity index (χ2n) is 4.96. The molecule has 0 radical (unpaired) electrons. The summed E-state index contributed by atoms with van der Waals surface area (Å²) < 4.78 is 15.2. The highest BCUT2D eigenvalue weighted by molar-refractivity contribution is 6.09. The van der Waals surface area contributed by atoms with Crippen LogP contribution in [0, 0.1) is 6.92 Å². The van der Waals surface area contributed by atoms with E-state index in [1.54, 1.807) is 24.3 Å². The molecule has 6 heteroatoms. The summed E-state index contributed by atoms with van der Waals surface area (Å²) in [6.07, 6.45) is -1.66. The van der Waals surface area contributed by atoms with Crippen molar-refractivity contribution in [2.75, 3.05) is 19.1 Å². The molecule has 126 valence electrons. The molecule has 0 aliphatic heterocycles. The van der Waals surface area contributed by atoms with Gasteiger partial charge < -0.3 is 14.2 Å². The topological polar surface area (TPSA) is 65.1 Å². The van der Waals surface area contributed by atoms with Crippen LogP contribution in [0.5, 0.6) is 5.75 Å². The number of amides is 2. The number of para-hydroxylation sites is 2. The van der Waals surface area contributed by atoms with Crippen molar-refractivity contribution in [1.29, 1.82) is 0 Å². The van der Waals surface area contributed by atoms with Crippen LogP contribution in [0.15, 0.2) is 48.5 Å². The molecule has 0 bridgehead atoms. The van der Waals surface area contributed by atoms with Crippen LogP contribution >= 0.6 is 0 Å². The molecule has 2 aromatic carbocycles. The number of aryl methyl sites for hydroxylation is 1. The molecule has 0 aromatic heterocycles. The zero-order valence-corrected chi connectivity index (χ0v) is 13.8. The van der Waals surface area contributed by atoms with E-state index < -0.39 is 12.2 Å². The number of benzene rings is 2. The predicted octanol–water partition coefficient (Wildman–Crippen LogP) is 3.91. The van der Waals surface area contributed by atoms with Gasteiger partial charge in [0.2, 0.25) is 0 Å². The molecule has 0 saturated carbocycles. The Morgan fingerprint density at radius 3 is 2.12 bits per heavy atom. The van der Waals surface area contributed by atoms with Crippen LogP contribution in [0.4, 0.5) is 15.3 Å². The van der Waals surface area contributed by atoms with Gasteiger partial charge in [-0.1, -0.05) is 36.4 Å². The fourth-order valence-corrected chi connectivity index (χ4v) is 2.18. The molecule has 2 rings (SSSR count). The van der Waals surface area contributed by atoms with Crippen molar-refractivity contribution in [3.8, 4) is 5.75 Å². The van der Waals surface area contributed by atoms with Crippen LogP contribution < -0.4 is 9.64 Å². The zero-order valence-electron chi connectivity index (χ0n) is 13.8. The number of rotatable bonds is 4. The van der Waals surface area contributed by atoms with Crippen LogP contribution in [0.2, 0.25) is 0 Å². The van der Waals surface area contributed by atoms with Gasteiger partial charge in [0.1, 0.15) is 12.4 Å². The van der Waals surface area contributed by atoms with Gasteiger partial charge in [-0.2, -0.15) is 4.90 Å². The number of methoxy groups -OCH3 is 2. The van der Waals surface area contributed by atoms with Gasteiger partial charge in [0.25, 0.3) is 0 Å². The lowest BCUT2D eigenvalue weighted by Crippen LogP contribution is -2.37. The van der Waals surface area contributed by atoms with E-state index in [0.29, 0.717) is 11.3 Å². The van der Waals surface area contributed by atoms with E-state index in [2.05, 4.69) is 9.47 Å². The normalized spacial score (nSPS) is 9.96. The molecule has 0 fully saturated rings. The molecule has 24 heavy (non-hydrogen) atoms. The Labute approximate surface area is 140 Å². The number of carbonyl (C=O) groups is 2. The highest BCUT2D eigenvalue weighted by atomic mass is 16.6. The molecule has 0 atom stereocenters. The minimum absolute atomic E-state index is 0.186. The minimum atomic E-state index is -0.829. The van der Waals surface area contributed by atoms with Crippen LogP contribution in [0.3, 0.4) is 0 Å². The van der Waals surface area contributed by atoms with Gasteiger partial charge >= 0.3 is 12.2 Å². The van der Waals surface area contributed by atoms with Gasteiger partial charge in [-0.15, -0.1) is 0 Å².